The number of aromatic nitrogens is 3. The number of nitrogen functional groups attached to an aromatic ring is 1. The zero-order valence-corrected chi connectivity index (χ0v) is 12.2. The molecule has 0 unspecified atom stereocenters. The van der Waals surface area contributed by atoms with Gasteiger partial charge in [-0.1, -0.05) is 51.1 Å². The molecule has 0 spiro atoms. The Hall–Kier alpha value is -2.70. The Bertz CT molecular complexity index is 700. The highest BCUT2D eigenvalue weighted by molar-refractivity contribution is 5.79. The molecule has 0 fully saturated rings. The summed E-state index contributed by atoms with van der Waals surface area (Å²) in [5.74, 6) is 5.81. The van der Waals surface area contributed by atoms with Crippen LogP contribution in [0.2, 0.25) is 0 Å². The van der Waals surface area contributed by atoms with Crippen molar-refractivity contribution in [2.75, 3.05) is 11.3 Å². The number of rotatable bonds is 3. The lowest BCUT2D eigenvalue weighted by Crippen LogP contribution is -2.38. The number of benzene rings is 1. The summed E-state index contributed by atoms with van der Waals surface area (Å²) < 4.78 is 0.913. The Morgan fingerprint density at radius 1 is 1.24 bits per heavy atom. The summed E-state index contributed by atoms with van der Waals surface area (Å²) in [5.41, 5.74) is 3.02. The quantitative estimate of drug-likeness (QED) is 0.500. The molecule has 0 aliphatic carbocycles. The highest BCUT2D eigenvalue weighted by Crippen LogP contribution is 2.15. The van der Waals surface area contributed by atoms with Crippen molar-refractivity contribution >= 4 is 12.2 Å². The van der Waals surface area contributed by atoms with E-state index >= 15 is 0 Å². The molecule has 110 valence electrons. The fourth-order valence-corrected chi connectivity index (χ4v) is 1.65. The normalized spacial score (nSPS) is 11.8. The Morgan fingerprint density at radius 2 is 1.90 bits per heavy atom. The number of anilines is 1. The molecule has 0 bridgehead atoms. The average Bonchev–Trinajstić information content (AvgIpc) is 2.43. The molecule has 2 rings (SSSR count). The van der Waals surface area contributed by atoms with Crippen molar-refractivity contribution in [3.63, 3.8) is 0 Å². The lowest BCUT2D eigenvalue weighted by atomic mass is 9.93. The monoisotopic (exact) mass is 286 g/mol. The van der Waals surface area contributed by atoms with E-state index < -0.39 is 11.0 Å². The van der Waals surface area contributed by atoms with Crippen LogP contribution in [0.1, 0.15) is 32.0 Å². The minimum absolute atomic E-state index is 0.0835. The Balaban J connectivity index is 2.21. The zero-order chi connectivity index (χ0) is 15.5. The third-order valence-electron chi connectivity index (χ3n) is 2.78. The SMILES string of the molecule is CC(C)(C)c1nnc(N/N=C\c2ccccc2)n(N)c1=O. The van der Waals surface area contributed by atoms with E-state index in [-0.39, 0.29) is 5.95 Å². The average molecular weight is 286 g/mol. The van der Waals surface area contributed by atoms with Gasteiger partial charge in [-0.2, -0.15) is 9.78 Å². The molecule has 3 N–H and O–H groups in total. The third-order valence-corrected chi connectivity index (χ3v) is 2.78. The predicted octanol–water partition coefficient (Wildman–Crippen LogP) is 1.10. The van der Waals surface area contributed by atoms with E-state index in [2.05, 4.69) is 20.7 Å². The van der Waals surface area contributed by atoms with Crippen LogP contribution in [-0.4, -0.2) is 21.1 Å². The van der Waals surface area contributed by atoms with Gasteiger partial charge in [0.15, 0.2) is 0 Å². The van der Waals surface area contributed by atoms with Gasteiger partial charge in [0.2, 0.25) is 0 Å². The summed E-state index contributed by atoms with van der Waals surface area (Å²) in [5, 5.41) is 11.8. The first-order valence-corrected chi connectivity index (χ1v) is 6.49. The summed E-state index contributed by atoms with van der Waals surface area (Å²) in [7, 11) is 0. The van der Waals surface area contributed by atoms with Crippen molar-refractivity contribution in [3.8, 4) is 0 Å². The lowest BCUT2D eigenvalue weighted by Gasteiger charge is -2.16. The molecule has 7 heteroatoms. The summed E-state index contributed by atoms with van der Waals surface area (Å²) in [6, 6.07) is 9.51. The van der Waals surface area contributed by atoms with Gasteiger partial charge in [0, 0.05) is 5.41 Å². The molecule has 0 aliphatic heterocycles. The molecule has 2 aromatic rings. The Kier molecular flexibility index (Phi) is 4.02. The summed E-state index contributed by atoms with van der Waals surface area (Å²) in [4.78, 5) is 12.1. The number of hydrazone groups is 1. The van der Waals surface area contributed by atoms with Gasteiger partial charge in [-0.15, -0.1) is 10.2 Å². The first-order chi connectivity index (χ1) is 9.89. The highest BCUT2D eigenvalue weighted by Gasteiger charge is 2.22. The minimum Gasteiger partial charge on any atom is -0.333 e. The van der Waals surface area contributed by atoms with Gasteiger partial charge < -0.3 is 5.84 Å². The van der Waals surface area contributed by atoms with E-state index in [1.54, 1.807) is 6.21 Å². The van der Waals surface area contributed by atoms with E-state index in [0.717, 1.165) is 10.2 Å². The molecule has 21 heavy (non-hydrogen) atoms. The van der Waals surface area contributed by atoms with Crippen molar-refractivity contribution in [1.82, 2.24) is 14.9 Å². The van der Waals surface area contributed by atoms with Crippen molar-refractivity contribution in [2.45, 2.75) is 26.2 Å². The second kappa shape index (κ2) is 5.74. The van der Waals surface area contributed by atoms with E-state index in [1.165, 1.54) is 0 Å². The van der Waals surface area contributed by atoms with Crippen LogP contribution in [0.3, 0.4) is 0 Å². The van der Waals surface area contributed by atoms with Crippen LogP contribution in [0.5, 0.6) is 0 Å². The van der Waals surface area contributed by atoms with Crippen molar-refractivity contribution in [1.29, 1.82) is 0 Å². The molecule has 0 radical (unpaired) electrons. The van der Waals surface area contributed by atoms with Gasteiger partial charge in [-0.05, 0) is 5.56 Å². The third kappa shape index (κ3) is 3.44. The maximum atomic E-state index is 12.1. The molecule has 0 saturated heterocycles. The molecule has 1 heterocycles. The van der Waals surface area contributed by atoms with Crippen LogP contribution in [0.4, 0.5) is 5.95 Å². The van der Waals surface area contributed by atoms with Gasteiger partial charge >= 0.3 is 0 Å². The van der Waals surface area contributed by atoms with Gasteiger partial charge in [0.25, 0.3) is 11.5 Å². The predicted molar refractivity (Wildman–Crippen MR) is 82.8 cm³/mol. The smallest absolute Gasteiger partial charge is 0.295 e. The summed E-state index contributed by atoms with van der Waals surface area (Å²) in [6.07, 6.45) is 1.60. The fraction of sp³-hybridized carbons (Fsp3) is 0.286. The standard InChI is InChI=1S/C14H18N6O/c1-14(2,3)11-12(21)20(15)13(19-17-11)18-16-9-10-7-5-4-6-8-10/h4-9H,15H2,1-3H3,(H,18,19)/b16-9-. The molecule has 7 nitrogen and oxygen atoms in total. The maximum Gasteiger partial charge on any atom is 0.295 e. The fourth-order valence-electron chi connectivity index (χ4n) is 1.65. The molecule has 1 aromatic heterocycles. The lowest BCUT2D eigenvalue weighted by molar-refractivity contribution is 0.538. The van der Waals surface area contributed by atoms with Gasteiger partial charge in [-0.25, -0.2) is 5.43 Å². The summed E-state index contributed by atoms with van der Waals surface area (Å²) in [6.45, 7) is 5.62. The van der Waals surface area contributed by atoms with Crippen LogP contribution >= 0.6 is 0 Å². The molecule has 0 amide bonds. The minimum atomic E-state index is -0.420. The zero-order valence-electron chi connectivity index (χ0n) is 12.2. The molecule has 0 saturated carbocycles. The largest absolute Gasteiger partial charge is 0.333 e. The van der Waals surface area contributed by atoms with Crippen LogP contribution < -0.4 is 16.8 Å². The van der Waals surface area contributed by atoms with Crippen molar-refractivity contribution in [2.24, 2.45) is 5.10 Å². The summed E-state index contributed by atoms with van der Waals surface area (Å²) >= 11 is 0. The van der Waals surface area contributed by atoms with E-state index in [4.69, 9.17) is 5.84 Å². The number of hydrogen-bond acceptors (Lipinski definition) is 6. The molecular formula is C14H18N6O. The number of nitrogens with zero attached hydrogens (tertiary/aromatic N) is 4. The second-order valence-electron chi connectivity index (χ2n) is 5.58. The highest BCUT2D eigenvalue weighted by atomic mass is 16.1. The maximum absolute atomic E-state index is 12.1. The van der Waals surface area contributed by atoms with Gasteiger partial charge in [0.05, 0.1) is 6.21 Å². The van der Waals surface area contributed by atoms with Crippen LogP contribution in [0.15, 0.2) is 40.2 Å². The second-order valence-corrected chi connectivity index (χ2v) is 5.58. The molecule has 0 aliphatic rings. The van der Waals surface area contributed by atoms with E-state index in [1.807, 2.05) is 51.1 Å². The van der Waals surface area contributed by atoms with Crippen molar-refractivity contribution < 1.29 is 0 Å². The van der Waals surface area contributed by atoms with E-state index in [9.17, 15) is 4.79 Å². The first kappa shape index (κ1) is 14.7. The van der Waals surface area contributed by atoms with E-state index in [0.29, 0.717) is 5.69 Å². The van der Waals surface area contributed by atoms with Gasteiger partial charge in [0.1, 0.15) is 5.69 Å². The van der Waals surface area contributed by atoms with Crippen LogP contribution in [0, 0.1) is 0 Å². The Labute approximate surface area is 122 Å². The number of nitrogens with two attached hydrogens (primary N) is 1. The molecular weight excluding hydrogens is 268 g/mol. The molecule has 1 aromatic carbocycles. The topological polar surface area (TPSA) is 98.2 Å². The van der Waals surface area contributed by atoms with Crippen molar-refractivity contribution in [3.05, 3.63) is 51.9 Å². The first-order valence-electron chi connectivity index (χ1n) is 6.49. The number of hydrogen-bond donors (Lipinski definition) is 2. The van der Waals surface area contributed by atoms with Gasteiger partial charge in [-0.3, -0.25) is 4.79 Å². The Morgan fingerprint density at radius 3 is 2.52 bits per heavy atom. The number of nitrogens with one attached hydrogen (secondary N) is 1. The van der Waals surface area contributed by atoms with Crippen LogP contribution in [-0.2, 0) is 5.41 Å². The molecule has 0 atom stereocenters. The van der Waals surface area contributed by atoms with Crippen LogP contribution in [0.25, 0.3) is 0 Å².